The number of rotatable bonds is 3. The summed E-state index contributed by atoms with van der Waals surface area (Å²) in [6, 6.07) is 0. The molecular formula is C4H11Cl3NO-. The van der Waals surface area contributed by atoms with Crippen LogP contribution in [0.4, 0.5) is 0 Å². The van der Waals surface area contributed by atoms with E-state index in [1.54, 1.807) is 0 Å². The molecule has 0 aliphatic heterocycles. The summed E-state index contributed by atoms with van der Waals surface area (Å²) < 4.78 is 0. The Morgan fingerprint density at radius 3 is 2.11 bits per heavy atom. The number of alkyl halides is 1. The first-order valence-corrected chi connectivity index (χ1v) is 2.92. The first kappa shape index (κ1) is 16.4. The van der Waals surface area contributed by atoms with Crippen LogP contribution in [-0.4, -0.2) is 19.0 Å². The van der Waals surface area contributed by atoms with E-state index in [-0.39, 0.29) is 29.9 Å². The van der Waals surface area contributed by atoms with Crippen LogP contribution in [0.1, 0.15) is 6.92 Å². The zero-order valence-electron chi connectivity index (χ0n) is 5.19. The zero-order valence-corrected chi connectivity index (χ0v) is 7.52. The number of hydroxylamine groups is 2. The number of quaternary nitrogens is 1. The second-order valence-electron chi connectivity index (χ2n) is 1.33. The van der Waals surface area contributed by atoms with E-state index >= 15 is 0 Å². The fourth-order valence-electron chi connectivity index (χ4n) is 0.282. The van der Waals surface area contributed by atoms with E-state index in [1.165, 1.54) is 0 Å². The van der Waals surface area contributed by atoms with Crippen molar-refractivity contribution >= 4 is 24.0 Å². The van der Waals surface area contributed by atoms with Gasteiger partial charge in [-0.25, -0.2) is 0 Å². The van der Waals surface area contributed by atoms with Crippen LogP contribution in [0.25, 0.3) is 0 Å². The summed E-state index contributed by atoms with van der Waals surface area (Å²) in [5, 5.41) is 10.6. The molecule has 60 valence electrons. The Labute approximate surface area is 73.0 Å². The Balaban J connectivity index is -0.000000180. The van der Waals surface area contributed by atoms with E-state index in [0.29, 0.717) is 19.0 Å². The molecule has 0 heterocycles. The van der Waals surface area contributed by atoms with Crippen molar-refractivity contribution in [3.8, 4) is 0 Å². The first-order valence-electron chi connectivity index (χ1n) is 2.39. The Morgan fingerprint density at radius 1 is 1.56 bits per heavy atom. The van der Waals surface area contributed by atoms with Gasteiger partial charge in [0, 0.05) is 0 Å². The fourth-order valence-corrected chi connectivity index (χ4v) is 0.493. The quantitative estimate of drug-likeness (QED) is 0.379. The Kier molecular flexibility index (Phi) is 21.1. The SMILES string of the molecule is CC[NH+]([O-])CCCl.Cl.[Cl-]. The van der Waals surface area contributed by atoms with Gasteiger partial charge in [-0.15, -0.1) is 24.0 Å². The largest absolute Gasteiger partial charge is 1.00 e. The molecule has 9 heavy (non-hydrogen) atoms. The molecule has 0 aromatic carbocycles. The predicted molar refractivity (Wildman–Crippen MR) is 37.7 cm³/mol. The van der Waals surface area contributed by atoms with E-state index in [2.05, 4.69) is 0 Å². The van der Waals surface area contributed by atoms with E-state index < -0.39 is 0 Å². The van der Waals surface area contributed by atoms with Crippen molar-refractivity contribution in [1.29, 1.82) is 0 Å². The number of nitrogens with one attached hydrogen (secondary N) is 1. The highest BCUT2D eigenvalue weighted by atomic mass is 35.5. The maximum atomic E-state index is 10.3. The van der Waals surface area contributed by atoms with Gasteiger partial charge in [0.05, 0.1) is 19.0 Å². The lowest BCUT2D eigenvalue weighted by atomic mass is 10.6. The number of hydrogen-bond acceptors (Lipinski definition) is 1. The highest BCUT2D eigenvalue weighted by Crippen LogP contribution is 1.62. The van der Waals surface area contributed by atoms with Crippen LogP contribution in [0.15, 0.2) is 0 Å². The molecule has 0 aliphatic carbocycles. The van der Waals surface area contributed by atoms with Crippen molar-refractivity contribution in [2.75, 3.05) is 19.0 Å². The highest BCUT2D eigenvalue weighted by Gasteiger charge is 1.86. The van der Waals surface area contributed by atoms with Gasteiger partial charge in [0.25, 0.3) is 0 Å². The van der Waals surface area contributed by atoms with Crippen LogP contribution in [0.5, 0.6) is 0 Å². The van der Waals surface area contributed by atoms with Gasteiger partial charge in [0.15, 0.2) is 0 Å². The van der Waals surface area contributed by atoms with Crippen LogP contribution in [-0.2, 0) is 0 Å². The molecule has 0 bridgehead atoms. The lowest BCUT2D eigenvalue weighted by molar-refractivity contribution is -0.843. The van der Waals surface area contributed by atoms with Crippen molar-refractivity contribution < 1.29 is 17.5 Å². The first-order chi connectivity index (χ1) is 3.31. The molecule has 0 fully saturated rings. The average molecular weight is 195 g/mol. The third-order valence-electron chi connectivity index (χ3n) is 0.768. The van der Waals surface area contributed by atoms with Crippen LogP contribution >= 0.6 is 24.0 Å². The molecule has 0 radical (unpaired) electrons. The molecule has 0 amide bonds. The monoisotopic (exact) mass is 194 g/mol. The van der Waals surface area contributed by atoms with Crippen LogP contribution in [0.3, 0.4) is 0 Å². The maximum Gasteiger partial charge on any atom is 0.0905 e. The lowest BCUT2D eigenvalue weighted by Gasteiger charge is -2.17. The summed E-state index contributed by atoms with van der Waals surface area (Å²) >= 11 is 5.25. The van der Waals surface area contributed by atoms with Gasteiger partial charge in [0.1, 0.15) is 0 Å². The molecule has 1 N–H and O–H groups in total. The molecule has 0 aromatic rings. The second kappa shape index (κ2) is 11.6. The van der Waals surface area contributed by atoms with Crippen molar-refractivity contribution in [2.45, 2.75) is 6.92 Å². The van der Waals surface area contributed by atoms with Gasteiger partial charge >= 0.3 is 0 Å². The molecule has 0 saturated carbocycles. The molecule has 0 rings (SSSR count). The topological polar surface area (TPSA) is 27.5 Å². The Bertz CT molecular complexity index is 46.8. The second-order valence-corrected chi connectivity index (χ2v) is 1.71. The summed E-state index contributed by atoms with van der Waals surface area (Å²) in [5.74, 6) is 0.465. The third-order valence-corrected chi connectivity index (χ3v) is 0.957. The molecule has 0 aliphatic rings. The Morgan fingerprint density at radius 2 is 2.00 bits per heavy atom. The summed E-state index contributed by atoms with van der Waals surface area (Å²) in [5.41, 5.74) is 0. The third kappa shape index (κ3) is 12.1. The van der Waals surface area contributed by atoms with Crippen molar-refractivity contribution in [2.24, 2.45) is 0 Å². The predicted octanol–water partition coefficient (Wildman–Crippen LogP) is -2.95. The normalized spacial score (nSPS) is 11.0. The van der Waals surface area contributed by atoms with Crippen LogP contribution in [0.2, 0.25) is 0 Å². The van der Waals surface area contributed by atoms with E-state index in [9.17, 15) is 5.21 Å². The minimum atomic E-state index is 0. The van der Waals surface area contributed by atoms with Gasteiger partial charge in [-0.3, -0.25) is 0 Å². The Hall–Kier alpha value is 0.790. The molecule has 0 aromatic heterocycles. The minimum absolute atomic E-state index is 0. The standard InChI is InChI=1S/C4H10ClNO.2ClH/c1-2-6(7)4-3-5;;/h6H,2-4H2,1H3;2*1H/p-1. The molecule has 0 spiro atoms. The van der Waals surface area contributed by atoms with Crippen molar-refractivity contribution in [1.82, 2.24) is 0 Å². The number of halogens is 3. The minimum Gasteiger partial charge on any atom is -1.00 e. The average Bonchev–Trinajstić information content (AvgIpc) is 1.68. The fraction of sp³-hybridized carbons (Fsp3) is 1.00. The van der Waals surface area contributed by atoms with Gasteiger partial charge in [-0.05, 0) is 6.92 Å². The molecule has 1 unspecified atom stereocenters. The van der Waals surface area contributed by atoms with E-state index in [4.69, 9.17) is 11.6 Å². The smallest absolute Gasteiger partial charge is 0.0905 e. The molecule has 0 saturated heterocycles. The van der Waals surface area contributed by atoms with Crippen molar-refractivity contribution in [3.05, 3.63) is 5.21 Å². The summed E-state index contributed by atoms with van der Waals surface area (Å²) in [6.07, 6.45) is 0. The van der Waals surface area contributed by atoms with Gasteiger partial charge in [0.2, 0.25) is 0 Å². The molecule has 2 nitrogen and oxygen atoms in total. The van der Waals surface area contributed by atoms with Gasteiger partial charge in [-0.2, -0.15) is 0 Å². The molecular weight excluding hydrogens is 184 g/mol. The summed E-state index contributed by atoms with van der Waals surface area (Å²) in [7, 11) is 0. The lowest BCUT2D eigenvalue weighted by Crippen LogP contribution is -3.07. The van der Waals surface area contributed by atoms with Gasteiger partial charge in [-0.1, -0.05) is 0 Å². The molecule has 5 heteroatoms. The highest BCUT2D eigenvalue weighted by molar-refractivity contribution is 6.17. The van der Waals surface area contributed by atoms with Crippen LogP contribution in [0, 0.1) is 5.21 Å². The summed E-state index contributed by atoms with van der Waals surface area (Å²) in [6.45, 7) is 2.99. The zero-order chi connectivity index (χ0) is 5.70. The van der Waals surface area contributed by atoms with Crippen LogP contribution < -0.4 is 17.5 Å². The van der Waals surface area contributed by atoms with Crippen molar-refractivity contribution in [3.63, 3.8) is 0 Å². The maximum absolute atomic E-state index is 10.3. The number of hydrogen-bond donors (Lipinski definition) is 1. The molecule has 1 atom stereocenters. The van der Waals surface area contributed by atoms with Gasteiger partial charge < -0.3 is 22.7 Å². The van der Waals surface area contributed by atoms with E-state index in [0.717, 1.165) is 0 Å². The summed E-state index contributed by atoms with van der Waals surface area (Å²) in [4.78, 5) is 0. The van der Waals surface area contributed by atoms with E-state index in [1.807, 2.05) is 6.92 Å².